The highest BCUT2D eigenvalue weighted by molar-refractivity contribution is 6.59. The van der Waals surface area contributed by atoms with E-state index in [4.69, 9.17) is 14.2 Å². The highest BCUT2D eigenvalue weighted by atomic mass is 16.6. The Morgan fingerprint density at radius 3 is 2.19 bits per heavy atom. The summed E-state index contributed by atoms with van der Waals surface area (Å²) in [6, 6.07) is 16.5. The minimum Gasteiger partial charge on any atom is -0.497 e. The quantitative estimate of drug-likeness (QED) is 0.113. The van der Waals surface area contributed by atoms with Crippen molar-refractivity contribution in [2.45, 2.75) is 31.5 Å². The van der Waals surface area contributed by atoms with Crippen LogP contribution in [0.25, 0.3) is 0 Å². The number of rotatable bonds is 13. The van der Waals surface area contributed by atoms with Gasteiger partial charge < -0.3 is 34.5 Å². The lowest BCUT2D eigenvalue weighted by atomic mass is 9.78. The van der Waals surface area contributed by atoms with Gasteiger partial charge in [0.05, 0.1) is 19.1 Å². The van der Waals surface area contributed by atoms with Crippen LogP contribution in [0.1, 0.15) is 16.7 Å². The van der Waals surface area contributed by atoms with Crippen LogP contribution in [-0.2, 0) is 38.5 Å². The molecule has 2 amide bonds. The summed E-state index contributed by atoms with van der Waals surface area (Å²) in [5.41, 5.74) is 1.63. The smallest absolute Gasteiger partial charge is 0.492 e. The van der Waals surface area contributed by atoms with Crippen molar-refractivity contribution >= 4 is 36.2 Å². The first-order valence-electron chi connectivity index (χ1n) is 13.1. The highest BCUT2D eigenvalue weighted by Gasteiger charge is 2.34. The van der Waals surface area contributed by atoms with Gasteiger partial charge in [0.2, 0.25) is 5.91 Å². The standard InChI is InChI=1S/C29H32BN3O10/c1-32(25(28(35)42-3)17-21-11-14-26(41-2)23(15-21)30(37)38)27(34)24(16-19-9-12-22(13-10-19)33(39)40)31-29(36)43-18-20-7-5-4-6-8-20/h4-15,24-25,37-38H,16-18H2,1-3H3,(H,31,36)/t24-,25-/m0/s1. The number of nitro benzene ring substituents is 1. The number of benzene rings is 3. The monoisotopic (exact) mass is 593 g/mol. The Labute approximate surface area is 248 Å². The van der Waals surface area contributed by atoms with Gasteiger partial charge in [-0.2, -0.15) is 0 Å². The molecule has 226 valence electrons. The van der Waals surface area contributed by atoms with Crippen LogP contribution in [0.5, 0.6) is 5.75 Å². The zero-order chi connectivity index (χ0) is 31.5. The van der Waals surface area contributed by atoms with Crippen LogP contribution < -0.4 is 15.5 Å². The van der Waals surface area contributed by atoms with E-state index in [0.717, 1.165) is 17.6 Å². The Morgan fingerprint density at radius 2 is 1.60 bits per heavy atom. The minimum atomic E-state index is -1.84. The number of nitro groups is 1. The maximum Gasteiger partial charge on any atom is 0.492 e. The van der Waals surface area contributed by atoms with Gasteiger partial charge in [-0.3, -0.25) is 14.9 Å². The first-order valence-corrected chi connectivity index (χ1v) is 13.1. The summed E-state index contributed by atoms with van der Waals surface area (Å²) in [6.07, 6.45) is -1.02. The molecule has 43 heavy (non-hydrogen) atoms. The number of carbonyl (C=O) groups excluding carboxylic acids is 3. The van der Waals surface area contributed by atoms with Crippen molar-refractivity contribution in [3.05, 3.63) is 99.6 Å². The van der Waals surface area contributed by atoms with Crippen LogP contribution in [0.15, 0.2) is 72.8 Å². The lowest BCUT2D eigenvalue weighted by Gasteiger charge is -2.30. The number of ether oxygens (including phenoxy) is 3. The van der Waals surface area contributed by atoms with Gasteiger partial charge in [-0.1, -0.05) is 54.6 Å². The molecule has 0 aromatic heterocycles. The van der Waals surface area contributed by atoms with E-state index in [-0.39, 0.29) is 36.3 Å². The number of carbonyl (C=O) groups is 3. The number of hydrogen-bond acceptors (Lipinski definition) is 10. The average Bonchev–Trinajstić information content (AvgIpc) is 3.01. The molecule has 0 saturated heterocycles. The Balaban J connectivity index is 1.86. The van der Waals surface area contributed by atoms with Gasteiger partial charge in [0, 0.05) is 37.5 Å². The summed E-state index contributed by atoms with van der Waals surface area (Å²) in [7, 11) is 2.06. The van der Waals surface area contributed by atoms with Gasteiger partial charge >= 0.3 is 19.2 Å². The average molecular weight is 593 g/mol. The molecule has 0 unspecified atom stereocenters. The van der Waals surface area contributed by atoms with Crippen molar-refractivity contribution in [3.8, 4) is 5.75 Å². The Morgan fingerprint density at radius 1 is 0.953 bits per heavy atom. The molecule has 0 aliphatic rings. The molecule has 0 bridgehead atoms. The van der Waals surface area contributed by atoms with E-state index in [1.54, 1.807) is 30.3 Å². The molecule has 13 nitrogen and oxygen atoms in total. The fraction of sp³-hybridized carbons (Fsp3) is 0.276. The SMILES string of the molecule is COC(=O)[C@H](Cc1ccc(OC)c(B(O)O)c1)N(C)C(=O)[C@H](Cc1ccc([N+](=O)[O-])cc1)NC(=O)OCc1ccccc1. The Bertz CT molecular complexity index is 1420. The summed E-state index contributed by atoms with van der Waals surface area (Å²) in [5.74, 6) is -1.20. The maximum absolute atomic E-state index is 13.8. The van der Waals surface area contributed by atoms with Crippen LogP contribution in [0.3, 0.4) is 0 Å². The third kappa shape index (κ3) is 9.02. The van der Waals surface area contributed by atoms with Crippen molar-refractivity contribution < 1.29 is 43.6 Å². The topological polar surface area (TPSA) is 178 Å². The molecular formula is C29H32BN3O10. The Hall–Kier alpha value is -4.95. The Kier molecular flexibility index (Phi) is 11.6. The van der Waals surface area contributed by atoms with Crippen LogP contribution >= 0.6 is 0 Å². The van der Waals surface area contributed by atoms with E-state index < -0.39 is 42.1 Å². The van der Waals surface area contributed by atoms with E-state index >= 15 is 0 Å². The zero-order valence-electron chi connectivity index (χ0n) is 23.8. The van der Waals surface area contributed by atoms with Crippen LogP contribution in [0.2, 0.25) is 0 Å². The summed E-state index contributed by atoms with van der Waals surface area (Å²) in [6.45, 7) is -0.0533. The summed E-state index contributed by atoms with van der Waals surface area (Å²) < 4.78 is 15.4. The molecule has 0 fully saturated rings. The predicted octanol–water partition coefficient (Wildman–Crippen LogP) is 1.36. The fourth-order valence-electron chi connectivity index (χ4n) is 4.35. The third-order valence-electron chi connectivity index (χ3n) is 6.68. The molecule has 0 radical (unpaired) electrons. The van der Waals surface area contributed by atoms with Crippen LogP contribution in [0.4, 0.5) is 10.5 Å². The minimum absolute atomic E-state index is 0.0533. The van der Waals surface area contributed by atoms with Gasteiger partial charge in [-0.25, -0.2) is 9.59 Å². The molecule has 0 heterocycles. The molecule has 3 aromatic rings. The first-order chi connectivity index (χ1) is 20.5. The van der Waals surface area contributed by atoms with E-state index in [1.807, 2.05) is 6.07 Å². The molecule has 0 aliphatic heterocycles. The number of methoxy groups -OCH3 is 2. The number of nitrogens with one attached hydrogen (secondary N) is 1. The second-order valence-electron chi connectivity index (χ2n) is 9.53. The van der Waals surface area contributed by atoms with Gasteiger partial charge in [-0.05, 0) is 22.8 Å². The number of likely N-dealkylation sites (N-methyl/N-ethyl adjacent to an activating group) is 1. The molecule has 0 spiro atoms. The second-order valence-corrected chi connectivity index (χ2v) is 9.53. The van der Waals surface area contributed by atoms with E-state index in [0.29, 0.717) is 11.1 Å². The molecule has 0 saturated carbocycles. The molecule has 3 aromatic carbocycles. The molecule has 3 rings (SSSR count). The molecule has 2 atom stereocenters. The number of alkyl carbamates (subject to hydrolysis) is 1. The van der Waals surface area contributed by atoms with Gasteiger partial charge in [-0.15, -0.1) is 0 Å². The number of non-ortho nitro benzene ring substituents is 1. The van der Waals surface area contributed by atoms with Crippen LogP contribution in [-0.4, -0.2) is 78.3 Å². The fourth-order valence-corrected chi connectivity index (χ4v) is 4.35. The van der Waals surface area contributed by atoms with Gasteiger partial charge in [0.15, 0.2) is 0 Å². The van der Waals surface area contributed by atoms with Crippen molar-refractivity contribution in [1.82, 2.24) is 10.2 Å². The van der Waals surface area contributed by atoms with Crippen molar-refractivity contribution in [3.63, 3.8) is 0 Å². The van der Waals surface area contributed by atoms with Crippen molar-refractivity contribution in [1.29, 1.82) is 0 Å². The number of hydrogen-bond donors (Lipinski definition) is 3. The van der Waals surface area contributed by atoms with E-state index in [9.17, 15) is 34.5 Å². The summed E-state index contributed by atoms with van der Waals surface area (Å²) >= 11 is 0. The number of nitrogens with zero attached hydrogens (tertiary/aromatic N) is 2. The van der Waals surface area contributed by atoms with Crippen LogP contribution in [0, 0.1) is 10.1 Å². The number of amides is 2. The third-order valence-corrected chi connectivity index (χ3v) is 6.68. The largest absolute Gasteiger partial charge is 0.497 e. The molecule has 14 heteroatoms. The second kappa shape index (κ2) is 15.3. The molecule has 3 N–H and O–H groups in total. The summed E-state index contributed by atoms with van der Waals surface area (Å²) in [4.78, 5) is 51.0. The predicted molar refractivity (Wildman–Crippen MR) is 155 cm³/mol. The maximum atomic E-state index is 13.8. The normalized spacial score (nSPS) is 11.9. The van der Waals surface area contributed by atoms with Crippen molar-refractivity contribution in [2.24, 2.45) is 0 Å². The lowest BCUT2D eigenvalue weighted by Crippen LogP contribution is -2.54. The van der Waals surface area contributed by atoms with Crippen molar-refractivity contribution in [2.75, 3.05) is 21.3 Å². The summed E-state index contributed by atoms with van der Waals surface area (Å²) in [5, 5.41) is 33.1. The highest BCUT2D eigenvalue weighted by Crippen LogP contribution is 2.18. The molecular weight excluding hydrogens is 561 g/mol. The van der Waals surface area contributed by atoms with E-state index in [2.05, 4.69) is 5.32 Å². The first kappa shape index (κ1) is 32.6. The molecule has 0 aliphatic carbocycles. The van der Waals surface area contributed by atoms with Gasteiger partial charge in [0.25, 0.3) is 5.69 Å². The zero-order valence-corrected chi connectivity index (χ0v) is 23.8. The lowest BCUT2D eigenvalue weighted by molar-refractivity contribution is -0.384. The number of esters is 1. The van der Waals surface area contributed by atoms with Gasteiger partial charge in [0.1, 0.15) is 24.4 Å². The van der Waals surface area contributed by atoms with E-state index in [1.165, 1.54) is 50.6 Å².